The predicted octanol–water partition coefficient (Wildman–Crippen LogP) is 4.38. The van der Waals surface area contributed by atoms with Gasteiger partial charge in [0.2, 0.25) is 0 Å². The number of nitrogens with zero attached hydrogens (tertiary/aromatic N) is 1. The summed E-state index contributed by atoms with van der Waals surface area (Å²) in [4.78, 5) is 26.2. The summed E-state index contributed by atoms with van der Waals surface area (Å²) in [5.74, 6) is -0.940. The number of nitriles is 1. The third-order valence-electron chi connectivity index (χ3n) is 3.63. The molecule has 0 saturated heterocycles. The van der Waals surface area contributed by atoms with Crippen LogP contribution in [0.2, 0.25) is 0 Å². The second-order valence-electron chi connectivity index (χ2n) is 5.47. The Hall–Kier alpha value is -2.17. The number of carbonyl (C=O) groups excluding carboxylic acids is 2. The molecule has 0 aliphatic carbocycles. The van der Waals surface area contributed by atoms with Crippen LogP contribution < -0.4 is 5.32 Å². The van der Waals surface area contributed by atoms with Crippen molar-refractivity contribution in [3.05, 3.63) is 38.4 Å². The molecular formula is C18H20N2O3S2. The molecule has 0 spiro atoms. The van der Waals surface area contributed by atoms with Crippen molar-refractivity contribution in [2.24, 2.45) is 0 Å². The fourth-order valence-corrected chi connectivity index (χ4v) is 4.26. The SMILES string of the molecule is CCCc1sc(C(=O)O[C@H](C)C(=O)Nc2sccc2C#N)cc1CC. The monoisotopic (exact) mass is 376 g/mol. The van der Waals surface area contributed by atoms with E-state index < -0.39 is 18.0 Å². The van der Waals surface area contributed by atoms with Crippen molar-refractivity contribution in [2.75, 3.05) is 5.32 Å². The lowest BCUT2D eigenvalue weighted by Crippen LogP contribution is -2.29. The maximum atomic E-state index is 12.3. The maximum Gasteiger partial charge on any atom is 0.349 e. The Morgan fingerprint density at radius 3 is 2.80 bits per heavy atom. The minimum absolute atomic E-state index is 0.395. The lowest BCUT2D eigenvalue weighted by molar-refractivity contribution is -0.123. The topological polar surface area (TPSA) is 79.2 Å². The standard InChI is InChI=1S/C18H20N2O3S2/c1-4-6-14-12(5-2)9-15(25-14)18(22)23-11(3)16(21)20-17-13(10-19)7-8-24-17/h7-9,11H,4-6H2,1-3H3,(H,20,21)/t11-/m1/s1. The van der Waals surface area contributed by atoms with Gasteiger partial charge in [-0.05, 0) is 42.8 Å². The molecule has 2 aromatic heterocycles. The first-order chi connectivity index (χ1) is 12.0. The smallest absolute Gasteiger partial charge is 0.349 e. The van der Waals surface area contributed by atoms with Gasteiger partial charge < -0.3 is 10.1 Å². The molecule has 0 aromatic carbocycles. The quantitative estimate of drug-likeness (QED) is 0.727. The highest BCUT2D eigenvalue weighted by atomic mass is 32.1. The first kappa shape index (κ1) is 19.2. The van der Waals surface area contributed by atoms with Crippen molar-refractivity contribution in [3.63, 3.8) is 0 Å². The van der Waals surface area contributed by atoms with Crippen LogP contribution in [0.5, 0.6) is 0 Å². The molecule has 0 unspecified atom stereocenters. The third-order valence-corrected chi connectivity index (χ3v) is 5.68. The molecule has 7 heteroatoms. The Morgan fingerprint density at radius 2 is 2.16 bits per heavy atom. The van der Waals surface area contributed by atoms with Gasteiger partial charge in [0, 0.05) is 4.88 Å². The molecule has 0 fully saturated rings. The second kappa shape index (κ2) is 8.79. The number of anilines is 1. The Kier molecular flexibility index (Phi) is 6.73. The van der Waals surface area contributed by atoms with E-state index in [-0.39, 0.29) is 0 Å². The van der Waals surface area contributed by atoms with E-state index in [1.807, 2.05) is 12.1 Å². The van der Waals surface area contributed by atoms with Crippen LogP contribution in [0.4, 0.5) is 5.00 Å². The molecular weight excluding hydrogens is 356 g/mol. The highest BCUT2D eigenvalue weighted by Crippen LogP contribution is 2.26. The molecule has 25 heavy (non-hydrogen) atoms. The molecule has 2 heterocycles. The van der Waals surface area contributed by atoms with Crippen LogP contribution in [0, 0.1) is 11.3 Å². The number of ether oxygens (including phenoxy) is 1. The third kappa shape index (κ3) is 4.68. The zero-order valence-corrected chi connectivity index (χ0v) is 16.1. The van der Waals surface area contributed by atoms with E-state index in [0.29, 0.717) is 15.4 Å². The van der Waals surface area contributed by atoms with Crippen molar-refractivity contribution in [2.45, 2.75) is 46.1 Å². The summed E-state index contributed by atoms with van der Waals surface area (Å²) in [5.41, 5.74) is 1.56. The zero-order chi connectivity index (χ0) is 18.4. The lowest BCUT2D eigenvalue weighted by atomic mass is 10.1. The van der Waals surface area contributed by atoms with Crippen molar-refractivity contribution in [1.82, 2.24) is 0 Å². The minimum Gasteiger partial charge on any atom is -0.448 e. The average Bonchev–Trinajstić information content (AvgIpc) is 3.21. The molecule has 0 aliphatic heterocycles. The molecule has 2 aromatic rings. The molecule has 0 radical (unpaired) electrons. The maximum absolute atomic E-state index is 12.3. The summed E-state index contributed by atoms with van der Waals surface area (Å²) in [7, 11) is 0. The van der Waals surface area contributed by atoms with Gasteiger partial charge in [-0.2, -0.15) is 5.26 Å². The summed E-state index contributed by atoms with van der Waals surface area (Å²) in [6.07, 6.45) is 1.88. The largest absolute Gasteiger partial charge is 0.448 e. The first-order valence-electron chi connectivity index (χ1n) is 8.11. The molecule has 1 N–H and O–H groups in total. The van der Waals surface area contributed by atoms with Gasteiger partial charge in [0.25, 0.3) is 5.91 Å². The molecule has 1 atom stereocenters. The summed E-state index contributed by atoms with van der Waals surface area (Å²) in [6.45, 7) is 5.68. The summed E-state index contributed by atoms with van der Waals surface area (Å²) < 4.78 is 5.29. The van der Waals surface area contributed by atoms with Crippen LogP contribution in [-0.2, 0) is 22.4 Å². The van der Waals surface area contributed by atoms with Gasteiger partial charge in [-0.15, -0.1) is 22.7 Å². The Bertz CT molecular complexity index is 802. The van der Waals surface area contributed by atoms with Gasteiger partial charge in [-0.1, -0.05) is 20.3 Å². The van der Waals surface area contributed by atoms with Gasteiger partial charge in [-0.25, -0.2) is 4.79 Å². The van der Waals surface area contributed by atoms with Gasteiger partial charge >= 0.3 is 5.97 Å². The van der Waals surface area contributed by atoms with Crippen LogP contribution in [0.25, 0.3) is 0 Å². The number of nitrogens with one attached hydrogen (secondary N) is 1. The molecule has 2 rings (SSSR count). The molecule has 132 valence electrons. The number of amides is 1. The number of hydrogen-bond acceptors (Lipinski definition) is 6. The summed E-state index contributed by atoms with van der Waals surface area (Å²) in [5, 5.41) is 13.8. The van der Waals surface area contributed by atoms with E-state index in [1.165, 1.54) is 34.5 Å². The second-order valence-corrected chi connectivity index (χ2v) is 7.53. The average molecular weight is 377 g/mol. The Morgan fingerprint density at radius 1 is 1.40 bits per heavy atom. The van der Waals surface area contributed by atoms with Gasteiger partial charge in [0.15, 0.2) is 6.10 Å². The van der Waals surface area contributed by atoms with E-state index in [4.69, 9.17) is 10.00 Å². The Labute approximate surface area is 155 Å². The van der Waals surface area contributed by atoms with Crippen molar-refractivity contribution >= 4 is 39.6 Å². The van der Waals surface area contributed by atoms with Gasteiger partial charge in [0.05, 0.1) is 5.56 Å². The highest BCUT2D eigenvalue weighted by molar-refractivity contribution is 7.14. The molecule has 0 bridgehead atoms. The number of thiophene rings is 2. The van der Waals surface area contributed by atoms with Crippen molar-refractivity contribution in [3.8, 4) is 6.07 Å². The van der Waals surface area contributed by atoms with Gasteiger partial charge in [0.1, 0.15) is 15.9 Å². The van der Waals surface area contributed by atoms with E-state index in [1.54, 1.807) is 11.4 Å². The van der Waals surface area contributed by atoms with Crippen LogP contribution in [0.15, 0.2) is 17.5 Å². The van der Waals surface area contributed by atoms with Gasteiger partial charge in [-0.3, -0.25) is 4.79 Å². The minimum atomic E-state index is -0.942. The van der Waals surface area contributed by atoms with Crippen LogP contribution in [0.1, 0.15) is 52.9 Å². The predicted molar refractivity (Wildman–Crippen MR) is 100 cm³/mol. The van der Waals surface area contributed by atoms with Crippen molar-refractivity contribution < 1.29 is 14.3 Å². The summed E-state index contributed by atoms with van der Waals surface area (Å²) >= 11 is 2.69. The zero-order valence-electron chi connectivity index (χ0n) is 14.4. The summed E-state index contributed by atoms with van der Waals surface area (Å²) in [6, 6.07) is 5.49. The molecule has 5 nitrogen and oxygen atoms in total. The van der Waals surface area contributed by atoms with E-state index in [2.05, 4.69) is 19.2 Å². The normalized spacial score (nSPS) is 11.6. The number of rotatable bonds is 7. The van der Waals surface area contributed by atoms with Crippen LogP contribution >= 0.6 is 22.7 Å². The van der Waals surface area contributed by atoms with Crippen LogP contribution in [-0.4, -0.2) is 18.0 Å². The van der Waals surface area contributed by atoms with Crippen LogP contribution in [0.3, 0.4) is 0 Å². The number of esters is 1. The highest BCUT2D eigenvalue weighted by Gasteiger charge is 2.22. The fourth-order valence-electron chi connectivity index (χ4n) is 2.28. The molecule has 0 aliphatic rings. The van der Waals surface area contributed by atoms with E-state index in [9.17, 15) is 9.59 Å². The number of carbonyl (C=O) groups is 2. The number of hydrogen-bond donors (Lipinski definition) is 1. The Balaban J connectivity index is 2.02. The van der Waals surface area contributed by atoms with Crippen molar-refractivity contribution in [1.29, 1.82) is 5.26 Å². The molecule has 1 amide bonds. The molecule has 0 saturated carbocycles. The van der Waals surface area contributed by atoms with E-state index >= 15 is 0 Å². The lowest BCUT2D eigenvalue weighted by Gasteiger charge is -2.12. The fraction of sp³-hybridized carbons (Fsp3) is 0.389. The first-order valence-corrected chi connectivity index (χ1v) is 9.80. The van der Waals surface area contributed by atoms with E-state index in [0.717, 1.165) is 24.8 Å². The number of aryl methyl sites for hydroxylation is 2.